The summed E-state index contributed by atoms with van der Waals surface area (Å²) < 4.78 is 23.1. The number of thiophene rings is 1. The van der Waals surface area contributed by atoms with E-state index in [1.54, 1.807) is 16.2 Å². The minimum atomic E-state index is -3.75. The Morgan fingerprint density at radius 2 is 1.90 bits per heavy atom. The fourth-order valence-corrected chi connectivity index (χ4v) is 5.43. The first kappa shape index (κ1) is 23.6. The van der Waals surface area contributed by atoms with E-state index >= 15 is 0 Å². The van der Waals surface area contributed by atoms with Crippen molar-refractivity contribution in [2.45, 2.75) is 30.6 Å². The van der Waals surface area contributed by atoms with Gasteiger partial charge in [0.05, 0.1) is 9.80 Å². The summed E-state index contributed by atoms with van der Waals surface area (Å²) in [5.41, 5.74) is 0.507. The Bertz CT molecular complexity index is 1090. The van der Waals surface area contributed by atoms with Gasteiger partial charge in [0.15, 0.2) is 0 Å². The lowest BCUT2D eigenvalue weighted by Gasteiger charge is -2.14. The zero-order valence-corrected chi connectivity index (χ0v) is 19.7. The topological polar surface area (TPSA) is 110 Å². The van der Waals surface area contributed by atoms with Crippen LogP contribution >= 0.6 is 35.3 Å². The fraction of sp³-hybridized carbons (Fsp3) is 0.250. The summed E-state index contributed by atoms with van der Waals surface area (Å²) in [5, 5.41) is 9.74. The van der Waals surface area contributed by atoms with Crippen molar-refractivity contribution < 1.29 is 18.0 Å². The molecule has 0 unspecified atom stereocenters. The Morgan fingerprint density at radius 1 is 1.16 bits per heavy atom. The van der Waals surface area contributed by atoms with Crippen molar-refractivity contribution in [2.75, 3.05) is 11.9 Å². The van der Waals surface area contributed by atoms with Gasteiger partial charge in [-0.1, -0.05) is 36.5 Å². The molecule has 1 aliphatic heterocycles. The van der Waals surface area contributed by atoms with E-state index < -0.39 is 10.0 Å². The molecule has 0 aliphatic carbocycles. The van der Waals surface area contributed by atoms with Gasteiger partial charge >= 0.3 is 0 Å². The lowest BCUT2D eigenvalue weighted by atomic mass is 10.1. The molecule has 0 spiro atoms. The Balaban J connectivity index is 1.38. The third kappa shape index (κ3) is 6.71. The Labute approximate surface area is 194 Å². The smallest absolute Gasteiger partial charge is 0.266 e. The highest BCUT2D eigenvalue weighted by atomic mass is 32.2. The molecule has 7 nitrogen and oxygen atoms in total. The highest BCUT2D eigenvalue weighted by Crippen LogP contribution is 2.33. The number of sulfonamides is 1. The Morgan fingerprint density at radius 3 is 2.55 bits per heavy atom. The van der Waals surface area contributed by atoms with Gasteiger partial charge < -0.3 is 5.32 Å². The number of hydrogen-bond donors (Lipinski definition) is 2. The van der Waals surface area contributed by atoms with Gasteiger partial charge in [-0.2, -0.15) is 0 Å². The van der Waals surface area contributed by atoms with E-state index in [9.17, 15) is 18.0 Å². The number of amides is 2. The molecule has 31 heavy (non-hydrogen) atoms. The Hall–Kier alpha value is -2.05. The molecule has 1 fully saturated rings. The molecular formula is C20H21N3O4S4. The van der Waals surface area contributed by atoms with Crippen LogP contribution in [0.1, 0.15) is 30.6 Å². The second-order valence-electron chi connectivity index (χ2n) is 6.78. The summed E-state index contributed by atoms with van der Waals surface area (Å²) >= 11 is 8.22. The molecule has 2 amide bonds. The molecule has 1 aromatic carbocycles. The number of nitrogens with one attached hydrogen (secondary N) is 1. The molecule has 0 saturated carbocycles. The molecule has 1 aromatic heterocycles. The van der Waals surface area contributed by atoms with Crippen LogP contribution in [0.25, 0.3) is 6.08 Å². The van der Waals surface area contributed by atoms with E-state index in [1.165, 1.54) is 36.0 Å². The van der Waals surface area contributed by atoms with Crippen molar-refractivity contribution in [3.05, 3.63) is 51.6 Å². The number of carbonyl (C=O) groups excluding carboxylic acids is 2. The molecule has 2 heterocycles. The van der Waals surface area contributed by atoms with Gasteiger partial charge in [-0.3, -0.25) is 14.5 Å². The third-order valence-corrected chi connectivity index (χ3v) is 7.57. The van der Waals surface area contributed by atoms with Crippen molar-refractivity contribution >= 4 is 73.2 Å². The molecule has 3 N–H and O–H groups in total. The number of primary sulfonamides is 1. The number of hydrogen-bond acceptors (Lipinski definition) is 7. The number of unbranched alkanes of at least 4 members (excludes halogenated alkanes) is 2. The number of benzene rings is 1. The number of carbonyl (C=O) groups is 2. The SMILES string of the molecule is NS(=O)(=O)c1ccc(NC(=O)CCCCCN2C(=O)/C(=C/c3cccs3)SC2=S)cc1. The molecule has 1 aliphatic rings. The standard InChI is InChI=1S/C20H21N3O4S4/c21-31(26,27)16-9-7-14(8-10-16)22-18(24)6-2-1-3-11-23-19(25)17(30-20(23)28)13-15-5-4-12-29-15/h4-5,7-10,12-13H,1-3,6,11H2,(H,22,24)(H2,21,26,27)/b17-13-. The van der Waals surface area contributed by atoms with Crippen molar-refractivity contribution in [3.8, 4) is 0 Å². The van der Waals surface area contributed by atoms with Crippen LogP contribution in [-0.4, -0.2) is 36.0 Å². The normalized spacial score (nSPS) is 15.6. The zero-order valence-electron chi connectivity index (χ0n) is 16.4. The van der Waals surface area contributed by atoms with Gasteiger partial charge in [-0.05, 0) is 54.6 Å². The van der Waals surface area contributed by atoms with Crippen molar-refractivity contribution in [1.82, 2.24) is 4.90 Å². The van der Waals surface area contributed by atoms with Crippen LogP contribution in [0.15, 0.2) is 51.6 Å². The molecule has 164 valence electrons. The highest BCUT2D eigenvalue weighted by molar-refractivity contribution is 8.26. The number of anilines is 1. The second-order valence-corrected chi connectivity index (χ2v) is 11.0. The summed E-state index contributed by atoms with van der Waals surface area (Å²) in [5.74, 6) is -0.225. The van der Waals surface area contributed by atoms with E-state index in [0.29, 0.717) is 34.3 Å². The second kappa shape index (κ2) is 10.5. The minimum absolute atomic E-state index is 0.00794. The molecule has 11 heteroatoms. The van der Waals surface area contributed by atoms with E-state index in [1.807, 2.05) is 23.6 Å². The summed E-state index contributed by atoms with van der Waals surface area (Å²) in [6, 6.07) is 9.58. The first-order chi connectivity index (χ1) is 14.7. The van der Waals surface area contributed by atoms with Gasteiger partial charge in [-0.25, -0.2) is 13.6 Å². The van der Waals surface area contributed by atoms with Crippen LogP contribution in [0, 0.1) is 0 Å². The number of thioether (sulfide) groups is 1. The van der Waals surface area contributed by atoms with Gasteiger partial charge in [0.25, 0.3) is 5.91 Å². The van der Waals surface area contributed by atoms with Crippen LogP contribution in [0.4, 0.5) is 5.69 Å². The molecule has 0 bridgehead atoms. The van der Waals surface area contributed by atoms with E-state index in [-0.39, 0.29) is 16.7 Å². The number of rotatable bonds is 9. The number of nitrogens with two attached hydrogens (primary N) is 1. The van der Waals surface area contributed by atoms with Gasteiger partial charge in [0.1, 0.15) is 4.32 Å². The summed E-state index contributed by atoms with van der Waals surface area (Å²) in [6.45, 7) is 0.531. The molecule has 3 rings (SSSR count). The quantitative estimate of drug-likeness (QED) is 0.311. The summed E-state index contributed by atoms with van der Waals surface area (Å²) in [7, 11) is -3.75. The van der Waals surface area contributed by atoms with Crippen molar-refractivity contribution in [3.63, 3.8) is 0 Å². The third-order valence-electron chi connectivity index (χ3n) is 4.44. The lowest BCUT2D eigenvalue weighted by Crippen LogP contribution is -2.29. The molecule has 1 saturated heterocycles. The first-order valence-electron chi connectivity index (χ1n) is 9.45. The summed E-state index contributed by atoms with van der Waals surface area (Å²) in [4.78, 5) is 27.9. The van der Waals surface area contributed by atoms with E-state index in [2.05, 4.69) is 5.32 Å². The van der Waals surface area contributed by atoms with Crippen LogP contribution in [-0.2, 0) is 19.6 Å². The van der Waals surface area contributed by atoms with E-state index in [4.69, 9.17) is 17.4 Å². The average molecular weight is 496 g/mol. The predicted molar refractivity (Wildman–Crippen MR) is 129 cm³/mol. The van der Waals surface area contributed by atoms with Crippen LogP contribution in [0.5, 0.6) is 0 Å². The predicted octanol–water partition coefficient (Wildman–Crippen LogP) is 3.80. The van der Waals surface area contributed by atoms with Gasteiger partial charge in [-0.15, -0.1) is 11.3 Å². The van der Waals surface area contributed by atoms with Crippen molar-refractivity contribution in [2.24, 2.45) is 5.14 Å². The highest BCUT2D eigenvalue weighted by Gasteiger charge is 2.31. The molecular weight excluding hydrogens is 475 g/mol. The zero-order chi connectivity index (χ0) is 22.4. The molecule has 2 aromatic rings. The summed E-state index contributed by atoms with van der Waals surface area (Å²) in [6.07, 6.45) is 4.38. The number of thiocarbonyl (C=S) groups is 1. The maximum atomic E-state index is 12.5. The lowest BCUT2D eigenvalue weighted by molar-refractivity contribution is -0.122. The van der Waals surface area contributed by atoms with Crippen molar-refractivity contribution in [1.29, 1.82) is 0 Å². The fourth-order valence-electron chi connectivity index (χ4n) is 2.88. The van der Waals surface area contributed by atoms with E-state index in [0.717, 1.165) is 17.7 Å². The molecule has 0 radical (unpaired) electrons. The minimum Gasteiger partial charge on any atom is -0.326 e. The number of nitrogens with zero attached hydrogens (tertiary/aromatic N) is 1. The maximum Gasteiger partial charge on any atom is 0.266 e. The van der Waals surface area contributed by atoms with Gasteiger partial charge in [0.2, 0.25) is 15.9 Å². The maximum absolute atomic E-state index is 12.5. The largest absolute Gasteiger partial charge is 0.326 e. The molecule has 0 atom stereocenters. The average Bonchev–Trinajstić information content (AvgIpc) is 3.31. The van der Waals surface area contributed by atoms with Crippen LogP contribution in [0.2, 0.25) is 0 Å². The van der Waals surface area contributed by atoms with Gasteiger partial charge in [0, 0.05) is 23.5 Å². The first-order valence-corrected chi connectivity index (χ1v) is 13.1. The monoisotopic (exact) mass is 495 g/mol. The van der Waals surface area contributed by atoms with Crippen LogP contribution in [0.3, 0.4) is 0 Å². The Kier molecular flexibility index (Phi) is 8.00. The van der Waals surface area contributed by atoms with Crippen LogP contribution < -0.4 is 10.5 Å².